The van der Waals surface area contributed by atoms with Crippen LogP contribution in [0.2, 0.25) is 0 Å². The van der Waals surface area contributed by atoms with Crippen molar-refractivity contribution >= 4 is 5.97 Å². The van der Waals surface area contributed by atoms with Crippen molar-refractivity contribution in [3.8, 4) is 0 Å². The number of hydrogen-bond acceptors (Lipinski definition) is 2. The van der Waals surface area contributed by atoms with Gasteiger partial charge in [-0.1, -0.05) is 24.3 Å². The van der Waals surface area contributed by atoms with E-state index in [4.69, 9.17) is 5.11 Å². The normalized spacial score (nSPS) is 10.3. The van der Waals surface area contributed by atoms with Crippen molar-refractivity contribution in [1.82, 2.24) is 9.78 Å². The molecule has 4 nitrogen and oxygen atoms in total. The van der Waals surface area contributed by atoms with E-state index in [1.807, 2.05) is 31.2 Å². The number of carboxylic acids is 1. The highest BCUT2D eigenvalue weighted by Gasteiger charge is 2.07. The maximum atomic E-state index is 10.7. The minimum absolute atomic E-state index is 0.0774. The summed E-state index contributed by atoms with van der Waals surface area (Å²) in [4.78, 5) is 10.7. The third kappa shape index (κ3) is 2.11. The third-order valence-corrected chi connectivity index (χ3v) is 2.45. The monoisotopic (exact) mass is 216 g/mol. The van der Waals surface area contributed by atoms with Crippen molar-refractivity contribution in [3.63, 3.8) is 0 Å². The lowest BCUT2D eigenvalue weighted by molar-refractivity contribution is 0.0689. The first kappa shape index (κ1) is 10.4. The molecule has 4 heteroatoms. The number of benzene rings is 1. The summed E-state index contributed by atoms with van der Waals surface area (Å²) in [5.41, 5.74) is 2.39. The summed E-state index contributed by atoms with van der Waals surface area (Å²) < 4.78 is 1.63. The molecule has 1 aromatic carbocycles. The SMILES string of the molecule is Cc1ccccc1Cn1ccc(C(=O)O)n1. The number of aryl methyl sites for hydroxylation is 1. The highest BCUT2D eigenvalue weighted by molar-refractivity contribution is 5.85. The minimum atomic E-state index is -0.997. The van der Waals surface area contributed by atoms with Crippen molar-refractivity contribution in [2.75, 3.05) is 0 Å². The molecule has 0 saturated heterocycles. The zero-order valence-corrected chi connectivity index (χ0v) is 8.92. The molecule has 0 unspecified atom stereocenters. The molecule has 0 fully saturated rings. The zero-order valence-electron chi connectivity index (χ0n) is 8.92. The fraction of sp³-hybridized carbons (Fsp3) is 0.167. The molecule has 16 heavy (non-hydrogen) atoms. The van der Waals surface area contributed by atoms with Crippen LogP contribution in [0.25, 0.3) is 0 Å². The number of nitrogens with zero attached hydrogens (tertiary/aromatic N) is 2. The molecule has 82 valence electrons. The van der Waals surface area contributed by atoms with Crippen LogP contribution in [0.3, 0.4) is 0 Å². The molecule has 2 rings (SSSR count). The molecule has 1 heterocycles. The van der Waals surface area contributed by atoms with Crippen LogP contribution < -0.4 is 0 Å². The molecule has 1 aromatic heterocycles. The molecule has 0 aliphatic heterocycles. The van der Waals surface area contributed by atoms with E-state index in [9.17, 15) is 4.79 Å². The van der Waals surface area contributed by atoms with Crippen molar-refractivity contribution in [2.45, 2.75) is 13.5 Å². The van der Waals surface area contributed by atoms with Gasteiger partial charge in [0.05, 0.1) is 6.54 Å². The number of carboxylic acid groups (broad SMARTS) is 1. The lowest BCUT2D eigenvalue weighted by Gasteiger charge is -2.04. The van der Waals surface area contributed by atoms with Gasteiger partial charge in [-0.3, -0.25) is 4.68 Å². The van der Waals surface area contributed by atoms with Crippen molar-refractivity contribution in [2.24, 2.45) is 0 Å². The average molecular weight is 216 g/mol. The van der Waals surface area contributed by atoms with Gasteiger partial charge in [0.25, 0.3) is 0 Å². The van der Waals surface area contributed by atoms with Gasteiger partial charge < -0.3 is 5.11 Å². The van der Waals surface area contributed by atoms with Crippen LogP contribution in [0.1, 0.15) is 21.6 Å². The summed E-state index contributed by atoms with van der Waals surface area (Å²) in [7, 11) is 0. The van der Waals surface area contributed by atoms with Gasteiger partial charge >= 0.3 is 5.97 Å². The predicted octanol–water partition coefficient (Wildman–Crippen LogP) is 1.94. The Morgan fingerprint density at radius 1 is 1.38 bits per heavy atom. The number of rotatable bonds is 3. The van der Waals surface area contributed by atoms with E-state index in [1.54, 1.807) is 10.9 Å². The van der Waals surface area contributed by atoms with Crippen LogP contribution in [0, 0.1) is 6.92 Å². The summed E-state index contributed by atoms with van der Waals surface area (Å²) in [6, 6.07) is 9.48. The van der Waals surface area contributed by atoms with Crippen LogP contribution in [0.4, 0.5) is 0 Å². The maximum Gasteiger partial charge on any atom is 0.356 e. The average Bonchev–Trinajstić information content (AvgIpc) is 2.70. The molecular formula is C12H12N2O2. The van der Waals surface area contributed by atoms with E-state index in [-0.39, 0.29) is 5.69 Å². The second-order valence-corrected chi connectivity index (χ2v) is 3.63. The summed E-state index contributed by atoms with van der Waals surface area (Å²) in [6.45, 7) is 2.62. The number of hydrogen-bond donors (Lipinski definition) is 1. The van der Waals surface area contributed by atoms with E-state index in [0.29, 0.717) is 6.54 Å². The number of aromatic nitrogens is 2. The fourth-order valence-corrected chi connectivity index (χ4v) is 1.53. The summed E-state index contributed by atoms with van der Waals surface area (Å²) in [5.74, 6) is -0.997. The van der Waals surface area contributed by atoms with Crippen LogP contribution in [-0.4, -0.2) is 20.9 Å². The van der Waals surface area contributed by atoms with Gasteiger partial charge in [-0.25, -0.2) is 4.79 Å². The van der Waals surface area contributed by atoms with Gasteiger partial charge in [-0.15, -0.1) is 0 Å². The van der Waals surface area contributed by atoms with Gasteiger partial charge in [0.15, 0.2) is 5.69 Å². The first-order valence-corrected chi connectivity index (χ1v) is 4.98. The Bertz CT molecular complexity index is 517. The highest BCUT2D eigenvalue weighted by atomic mass is 16.4. The second kappa shape index (κ2) is 4.18. The Morgan fingerprint density at radius 3 is 2.75 bits per heavy atom. The zero-order chi connectivity index (χ0) is 11.5. The molecule has 0 aliphatic carbocycles. The van der Waals surface area contributed by atoms with E-state index in [2.05, 4.69) is 5.10 Å². The minimum Gasteiger partial charge on any atom is -0.476 e. The van der Waals surface area contributed by atoms with Gasteiger partial charge in [0, 0.05) is 6.20 Å². The number of carbonyl (C=O) groups is 1. The van der Waals surface area contributed by atoms with E-state index < -0.39 is 5.97 Å². The molecular weight excluding hydrogens is 204 g/mol. The Kier molecular flexibility index (Phi) is 2.72. The van der Waals surface area contributed by atoms with Crippen molar-refractivity contribution in [1.29, 1.82) is 0 Å². The van der Waals surface area contributed by atoms with Crippen LogP contribution in [0.15, 0.2) is 36.5 Å². The van der Waals surface area contributed by atoms with Crippen molar-refractivity contribution < 1.29 is 9.90 Å². The topological polar surface area (TPSA) is 55.1 Å². The molecule has 0 aliphatic rings. The summed E-state index contributed by atoms with van der Waals surface area (Å²) in [5, 5.41) is 12.7. The molecule has 0 radical (unpaired) electrons. The highest BCUT2D eigenvalue weighted by Crippen LogP contribution is 2.09. The lowest BCUT2D eigenvalue weighted by Crippen LogP contribution is -2.04. The van der Waals surface area contributed by atoms with E-state index in [1.165, 1.54) is 11.6 Å². The molecule has 0 bridgehead atoms. The summed E-state index contributed by atoms with van der Waals surface area (Å²) >= 11 is 0. The van der Waals surface area contributed by atoms with Crippen molar-refractivity contribution in [3.05, 3.63) is 53.3 Å². The molecule has 2 aromatic rings. The molecule has 1 N–H and O–H groups in total. The first-order valence-electron chi connectivity index (χ1n) is 4.98. The smallest absolute Gasteiger partial charge is 0.356 e. The Balaban J connectivity index is 2.21. The Labute approximate surface area is 93.1 Å². The quantitative estimate of drug-likeness (QED) is 0.853. The van der Waals surface area contributed by atoms with E-state index in [0.717, 1.165) is 5.56 Å². The van der Waals surface area contributed by atoms with Gasteiger partial charge in [0.2, 0.25) is 0 Å². The van der Waals surface area contributed by atoms with Crippen LogP contribution in [-0.2, 0) is 6.54 Å². The standard InChI is InChI=1S/C12H12N2O2/c1-9-4-2-3-5-10(9)8-14-7-6-11(13-14)12(15)16/h2-7H,8H2,1H3,(H,15,16). The fourth-order valence-electron chi connectivity index (χ4n) is 1.53. The second-order valence-electron chi connectivity index (χ2n) is 3.63. The maximum absolute atomic E-state index is 10.7. The lowest BCUT2D eigenvalue weighted by atomic mass is 10.1. The van der Waals surface area contributed by atoms with Crippen LogP contribution >= 0.6 is 0 Å². The third-order valence-electron chi connectivity index (χ3n) is 2.45. The molecule has 0 amide bonds. The molecule has 0 spiro atoms. The van der Waals surface area contributed by atoms with Gasteiger partial charge in [-0.05, 0) is 24.1 Å². The molecule has 0 saturated carbocycles. The van der Waals surface area contributed by atoms with Gasteiger partial charge in [0.1, 0.15) is 0 Å². The summed E-state index contributed by atoms with van der Waals surface area (Å²) in [6.07, 6.45) is 1.68. The predicted molar refractivity (Wildman–Crippen MR) is 59.5 cm³/mol. The van der Waals surface area contributed by atoms with Crippen LogP contribution in [0.5, 0.6) is 0 Å². The first-order chi connectivity index (χ1) is 7.66. The van der Waals surface area contributed by atoms with E-state index >= 15 is 0 Å². The largest absolute Gasteiger partial charge is 0.476 e. The number of aromatic carboxylic acids is 1. The Morgan fingerprint density at radius 2 is 2.12 bits per heavy atom. The van der Waals surface area contributed by atoms with Gasteiger partial charge in [-0.2, -0.15) is 5.10 Å². The molecule has 0 atom stereocenters. The Hall–Kier alpha value is -2.10.